The highest BCUT2D eigenvalue weighted by molar-refractivity contribution is 7.89. The van der Waals surface area contributed by atoms with E-state index in [9.17, 15) is 17.6 Å². The second kappa shape index (κ2) is 11.4. The smallest absolute Gasteiger partial charge is 0.243 e. The van der Waals surface area contributed by atoms with E-state index in [1.165, 1.54) is 27.6 Å². The molecule has 1 fully saturated rings. The third-order valence-corrected chi connectivity index (χ3v) is 9.04. The largest absolute Gasteiger partial charge is 0.355 e. The number of rotatable bonds is 9. The van der Waals surface area contributed by atoms with Gasteiger partial charge < -0.3 is 5.32 Å². The van der Waals surface area contributed by atoms with Crippen LogP contribution in [-0.4, -0.2) is 38.3 Å². The van der Waals surface area contributed by atoms with Crippen LogP contribution >= 0.6 is 0 Å². The fourth-order valence-electron chi connectivity index (χ4n) is 4.83. The molecule has 1 aliphatic heterocycles. The first-order chi connectivity index (χ1) is 17.3. The molecule has 0 atom stereocenters. The number of aryl methyl sites for hydroxylation is 1. The van der Waals surface area contributed by atoms with Gasteiger partial charge in [-0.2, -0.15) is 4.31 Å². The number of carbonyl (C=O) groups is 1. The molecule has 0 radical (unpaired) electrons. The molecule has 5 nitrogen and oxygen atoms in total. The molecule has 0 aromatic heterocycles. The summed E-state index contributed by atoms with van der Waals surface area (Å²) in [6.45, 7) is 3.12. The maximum Gasteiger partial charge on any atom is 0.243 e. The van der Waals surface area contributed by atoms with Crippen molar-refractivity contribution in [3.05, 3.63) is 101 Å². The van der Waals surface area contributed by atoms with Gasteiger partial charge in [-0.15, -0.1) is 0 Å². The van der Waals surface area contributed by atoms with Crippen molar-refractivity contribution in [2.24, 2.45) is 5.41 Å². The number of nitrogens with one attached hydrogen (secondary N) is 1. The van der Waals surface area contributed by atoms with Gasteiger partial charge in [-0.25, -0.2) is 12.8 Å². The predicted octanol–water partition coefficient (Wildman–Crippen LogP) is 4.76. The Hall–Kier alpha value is -3.03. The van der Waals surface area contributed by atoms with Crippen molar-refractivity contribution < 1.29 is 17.6 Å². The summed E-state index contributed by atoms with van der Waals surface area (Å²) in [5.41, 5.74) is 2.82. The fraction of sp³-hybridized carbons (Fsp3) is 0.345. The summed E-state index contributed by atoms with van der Waals surface area (Å²) in [4.78, 5) is 13.6. The Bertz CT molecular complexity index is 1250. The summed E-state index contributed by atoms with van der Waals surface area (Å²) in [6, 6.07) is 23.2. The van der Waals surface area contributed by atoms with Crippen LogP contribution in [0.4, 0.5) is 4.39 Å². The SMILES string of the molecule is CCc1ccc(CCNC(=O)C2(Cc3ccccc3)CCN(S(=O)(=O)c3ccc(F)cc3)CC2)cc1. The zero-order chi connectivity index (χ0) is 25.6. The van der Waals surface area contributed by atoms with E-state index in [1.807, 2.05) is 30.3 Å². The Balaban J connectivity index is 1.46. The van der Waals surface area contributed by atoms with E-state index in [1.54, 1.807) is 0 Å². The van der Waals surface area contributed by atoms with Gasteiger partial charge in [-0.3, -0.25) is 4.79 Å². The van der Waals surface area contributed by atoms with Gasteiger partial charge in [0.05, 0.1) is 10.3 Å². The molecule has 0 aliphatic carbocycles. The first kappa shape index (κ1) is 26.0. The van der Waals surface area contributed by atoms with Gasteiger partial charge in [-0.05, 0) is 73.1 Å². The van der Waals surface area contributed by atoms with Gasteiger partial charge in [0.15, 0.2) is 0 Å². The highest BCUT2D eigenvalue weighted by atomic mass is 32.2. The van der Waals surface area contributed by atoms with E-state index in [2.05, 4.69) is 36.5 Å². The number of benzene rings is 3. The third-order valence-electron chi connectivity index (χ3n) is 7.13. The van der Waals surface area contributed by atoms with Crippen LogP contribution in [0.3, 0.4) is 0 Å². The summed E-state index contributed by atoms with van der Waals surface area (Å²) in [5, 5.41) is 3.13. The molecule has 7 heteroatoms. The molecule has 4 rings (SSSR count). The standard InChI is InChI=1S/C29H33FN2O3S/c1-2-23-8-10-24(11-9-23)16-19-31-28(33)29(22-25-6-4-3-5-7-25)17-20-32(21-18-29)36(34,35)27-14-12-26(30)13-15-27/h3-15H,2,16-22H2,1H3,(H,31,33). The molecule has 1 amide bonds. The minimum absolute atomic E-state index is 0.0321. The van der Waals surface area contributed by atoms with Crippen LogP contribution in [0.2, 0.25) is 0 Å². The Morgan fingerprint density at radius 2 is 1.50 bits per heavy atom. The molecule has 1 N–H and O–H groups in total. The van der Waals surface area contributed by atoms with E-state index in [0.29, 0.717) is 25.8 Å². The number of halogens is 1. The predicted molar refractivity (Wildman–Crippen MR) is 140 cm³/mol. The van der Waals surface area contributed by atoms with Crippen molar-refractivity contribution in [2.75, 3.05) is 19.6 Å². The molecule has 3 aromatic rings. The van der Waals surface area contributed by atoms with Crippen LogP contribution in [0, 0.1) is 11.2 Å². The first-order valence-corrected chi connectivity index (χ1v) is 13.9. The lowest BCUT2D eigenvalue weighted by Gasteiger charge is -2.40. The van der Waals surface area contributed by atoms with Gasteiger partial charge in [0.25, 0.3) is 0 Å². The lowest BCUT2D eigenvalue weighted by Crippen LogP contribution is -2.51. The quantitative estimate of drug-likeness (QED) is 0.453. The van der Waals surface area contributed by atoms with Gasteiger partial charge >= 0.3 is 0 Å². The van der Waals surface area contributed by atoms with E-state index >= 15 is 0 Å². The summed E-state index contributed by atoms with van der Waals surface area (Å²) in [5.74, 6) is -0.511. The minimum atomic E-state index is -3.75. The summed E-state index contributed by atoms with van der Waals surface area (Å²) >= 11 is 0. The molecular formula is C29H33FN2O3S. The number of hydrogen-bond acceptors (Lipinski definition) is 3. The van der Waals surface area contributed by atoms with Gasteiger partial charge in [0.2, 0.25) is 15.9 Å². The Kier molecular flexibility index (Phi) is 8.21. The number of nitrogens with zero attached hydrogens (tertiary/aromatic N) is 1. The second-order valence-corrected chi connectivity index (χ2v) is 11.4. The summed E-state index contributed by atoms with van der Waals surface area (Å²) in [7, 11) is -3.75. The average Bonchev–Trinajstić information content (AvgIpc) is 2.90. The van der Waals surface area contributed by atoms with Crippen molar-refractivity contribution in [1.29, 1.82) is 0 Å². The monoisotopic (exact) mass is 508 g/mol. The zero-order valence-electron chi connectivity index (χ0n) is 20.6. The van der Waals surface area contributed by atoms with Crippen molar-refractivity contribution in [3.63, 3.8) is 0 Å². The van der Waals surface area contributed by atoms with Crippen LogP contribution in [0.1, 0.15) is 36.5 Å². The van der Waals surface area contributed by atoms with Crippen molar-refractivity contribution in [3.8, 4) is 0 Å². The highest BCUT2D eigenvalue weighted by Gasteiger charge is 2.43. The zero-order valence-corrected chi connectivity index (χ0v) is 21.4. The number of sulfonamides is 1. The molecule has 36 heavy (non-hydrogen) atoms. The number of piperidine rings is 1. The van der Waals surface area contributed by atoms with Gasteiger partial charge in [0.1, 0.15) is 5.82 Å². The van der Waals surface area contributed by atoms with Crippen molar-refractivity contribution in [1.82, 2.24) is 9.62 Å². The van der Waals surface area contributed by atoms with E-state index in [0.717, 1.165) is 30.5 Å². The number of amides is 1. The van der Waals surface area contributed by atoms with Crippen LogP contribution in [0.5, 0.6) is 0 Å². The van der Waals surface area contributed by atoms with Crippen LogP contribution < -0.4 is 5.32 Å². The summed E-state index contributed by atoms with van der Waals surface area (Å²) in [6.07, 6.45) is 3.11. The molecule has 190 valence electrons. The maximum atomic E-state index is 13.6. The normalized spacial score (nSPS) is 15.9. The van der Waals surface area contributed by atoms with E-state index < -0.39 is 21.3 Å². The van der Waals surface area contributed by atoms with Crippen LogP contribution in [0.25, 0.3) is 0 Å². The topological polar surface area (TPSA) is 66.5 Å². The number of carbonyl (C=O) groups excluding carboxylic acids is 1. The van der Waals surface area contributed by atoms with Gasteiger partial charge in [0, 0.05) is 19.6 Å². The average molecular weight is 509 g/mol. The van der Waals surface area contributed by atoms with Gasteiger partial charge in [-0.1, -0.05) is 61.5 Å². The molecule has 0 unspecified atom stereocenters. The van der Waals surface area contributed by atoms with E-state index in [4.69, 9.17) is 0 Å². The Labute approximate surface area is 213 Å². The summed E-state index contributed by atoms with van der Waals surface area (Å²) < 4.78 is 40.9. The lowest BCUT2D eigenvalue weighted by atomic mass is 9.73. The maximum absolute atomic E-state index is 13.6. The molecule has 1 heterocycles. The molecular weight excluding hydrogens is 475 g/mol. The molecule has 0 saturated carbocycles. The highest BCUT2D eigenvalue weighted by Crippen LogP contribution is 2.37. The lowest BCUT2D eigenvalue weighted by molar-refractivity contribution is -0.133. The fourth-order valence-corrected chi connectivity index (χ4v) is 6.27. The Morgan fingerprint density at radius 1 is 0.889 bits per heavy atom. The molecule has 0 spiro atoms. The minimum Gasteiger partial charge on any atom is -0.355 e. The Morgan fingerprint density at radius 3 is 2.11 bits per heavy atom. The van der Waals surface area contributed by atoms with E-state index in [-0.39, 0.29) is 23.9 Å². The molecule has 3 aromatic carbocycles. The number of hydrogen-bond donors (Lipinski definition) is 1. The second-order valence-electron chi connectivity index (χ2n) is 9.48. The first-order valence-electron chi connectivity index (χ1n) is 12.5. The van der Waals surface area contributed by atoms with Crippen molar-refractivity contribution >= 4 is 15.9 Å². The van der Waals surface area contributed by atoms with Crippen LogP contribution in [-0.2, 0) is 34.1 Å². The van der Waals surface area contributed by atoms with Crippen LogP contribution in [0.15, 0.2) is 83.8 Å². The van der Waals surface area contributed by atoms with Crippen molar-refractivity contribution in [2.45, 2.75) is 43.9 Å². The molecule has 0 bridgehead atoms. The molecule has 1 saturated heterocycles. The third kappa shape index (κ3) is 6.02. The molecule has 1 aliphatic rings.